The summed E-state index contributed by atoms with van der Waals surface area (Å²) >= 11 is 0. The van der Waals surface area contributed by atoms with Crippen molar-refractivity contribution in [2.75, 3.05) is 0 Å². The fourth-order valence-electron chi connectivity index (χ4n) is 2.15. The molecule has 0 radical (unpaired) electrons. The summed E-state index contributed by atoms with van der Waals surface area (Å²) in [5, 5.41) is 13.8. The van der Waals surface area contributed by atoms with Gasteiger partial charge in [-0.1, -0.05) is 6.07 Å². The first-order chi connectivity index (χ1) is 10.1. The second-order valence-corrected chi connectivity index (χ2v) is 4.75. The van der Waals surface area contributed by atoms with E-state index in [0.29, 0.717) is 0 Å². The van der Waals surface area contributed by atoms with Crippen LogP contribution >= 0.6 is 0 Å². The third-order valence-electron chi connectivity index (χ3n) is 3.16. The van der Waals surface area contributed by atoms with E-state index in [1.165, 1.54) is 0 Å². The van der Waals surface area contributed by atoms with Gasteiger partial charge in [0.05, 0.1) is 11.7 Å². The Balaban J connectivity index is 2.04. The molecule has 2 heterocycles. The van der Waals surface area contributed by atoms with Crippen molar-refractivity contribution in [1.82, 2.24) is 14.8 Å². The van der Waals surface area contributed by atoms with Crippen molar-refractivity contribution in [2.45, 2.75) is 0 Å². The molecule has 0 amide bonds. The summed E-state index contributed by atoms with van der Waals surface area (Å²) in [5.41, 5.74) is 3.68. The van der Waals surface area contributed by atoms with Gasteiger partial charge in [-0.2, -0.15) is 5.10 Å². The largest absolute Gasteiger partial charge is 0.478 e. The van der Waals surface area contributed by atoms with Gasteiger partial charge in [-0.05, 0) is 29.8 Å². The van der Waals surface area contributed by atoms with Crippen LogP contribution in [0.1, 0.15) is 5.56 Å². The number of benzene rings is 1. The fourth-order valence-corrected chi connectivity index (χ4v) is 2.15. The van der Waals surface area contributed by atoms with E-state index in [2.05, 4.69) is 10.1 Å². The maximum absolute atomic E-state index is 10.6. The molecule has 0 bridgehead atoms. The van der Waals surface area contributed by atoms with E-state index in [1.807, 2.05) is 43.7 Å². The van der Waals surface area contributed by atoms with Gasteiger partial charge in [-0.3, -0.25) is 9.67 Å². The standard InChI is InChI=1S/C16H13N3O2/c1-19-10-14(9-18-19)13-7-12-6-11(3-5-16(20)21)2-4-15(12)17-8-13/h2-10H,1H3,(H,20,21)/b5-3+. The molecular weight excluding hydrogens is 266 g/mol. The molecule has 0 aliphatic carbocycles. The minimum Gasteiger partial charge on any atom is -0.478 e. The maximum Gasteiger partial charge on any atom is 0.328 e. The zero-order valence-electron chi connectivity index (χ0n) is 11.4. The topological polar surface area (TPSA) is 68.0 Å². The molecule has 0 spiro atoms. The average Bonchev–Trinajstić information content (AvgIpc) is 2.91. The molecule has 21 heavy (non-hydrogen) atoms. The number of hydrogen-bond donors (Lipinski definition) is 1. The van der Waals surface area contributed by atoms with Crippen LogP contribution in [0.3, 0.4) is 0 Å². The van der Waals surface area contributed by atoms with Crippen LogP contribution in [0.25, 0.3) is 28.1 Å². The predicted molar refractivity (Wildman–Crippen MR) is 80.6 cm³/mol. The smallest absolute Gasteiger partial charge is 0.328 e. The molecule has 5 nitrogen and oxygen atoms in total. The molecule has 3 rings (SSSR count). The normalized spacial score (nSPS) is 11.3. The molecule has 0 aliphatic heterocycles. The van der Waals surface area contributed by atoms with Crippen LogP contribution in [0.15, 0.2) is 48.9 Å². The Bertz CT molecular complexity index is 850. The van der Waals surface area contributed by atoms with E-state index in [-0.39, 0.29) is 0 Å². The molecular formula is C16H13N3O2. The van der Waals surface area contributed by atoms with Gasteiger partial charge in [0.15, 0.2) is 0 Å². The van der Waals surface area contributed by atoms with Crippen molar-refractivity contribution in [2.24, 2.45) is 7.05 Å². The van der Waals surface area contributed by atoms with Crippen molar-refractivity contribution in [3.05, 3.63) is 54.5 Å². The lowest BCUT2D eigenvalue weighted by atomic mass is 10.1. The Hall–Kier alpha value is -2.95. The first kappa shape index (κ1) is 13.1. The molecule has 0 fully saturated rings. The quantitative estimate of drug-likeness (QED) is 0.748. The summed E-state index contributed by atoms with van der Waals surface area (Å²) in [7, 11) is 1.87. The zero-order valence-corrected chi connectivity index (χ0v) is 11.4. The van der Waals surface area contributed by atoms with Gasteiger partial charge in [0.25, 0.3) is 0 Å². The SMILES string of the molecule is Cn1cc(-c2cnc3ccc(/C=C/C(=O)O)cc3c2)cn1. The molecule has 0 saturated carbocycles. The highest BCUT2D eigenvalue weighted by atomic mass is 16.4. The van der Waals surface area contributed by atoms with Gasteiger partial charge in [-0.15, -0.1) is 0 Å². The number of hydrogen-bond acceptors (Lipinski definition) is 3. The van der Waals surface area contributed by atoms with Crippen molar-refractivity contribution in [3.63, 3.8) is 0 Å². The number of carboxylic acid groups (broad SMARTS) is 1. The van der Waals surface area contributed by atoms with Gasteiger partial charge < -0.3 is 5.11 Å². The van der Waals surface area contributed by atoms with Crippen LogP contribution in [0.4, 0.5) is 0 Å². The summed E-state index contributed by atoms with van der Waals surface area (Å²) in [6.07, 6.45) is 8.22. The van der Waals surface area contributed by atoms with E-state index in [9.17, 15) is 4.79 Å². The van der Waals surface area contributed by atoms with Gasteiger partial charge in [0.1, 0.15) is 0 Å². The summed E-state index contributed by atoms with van der Waals surface area (Å²) in [6, 6.07) is 7.67. The minimum atomic E-state index is -0.961. The highest BCUT2D eigenvalue weighted by Crippen LogP contribution is 2.23. The Labute approximate surface area is 121 Å². The maximum atomic E-state index is 10.6. The van der Waals surface area contributed by atoms with Crippen LogP contribution in [0.5, 0.6) is 0 Å². The molecule has 3 aromatic rings. The monoisotopic (exact) mass is 279 g/mol. The number of rotatable bonds is 3. The highest BCUT2D eigenvalue weighted by molar-refractivity contribution is 5.88. The van der Waals surface area contributed by atoms with Crippen LogP contribution in [0, 0.1) is 0 Å². The fraction of sp³-hybridized carbons (Fsp3) is 0.0625. The number of pyridine rings is 1. The first-order valence-electron chi connectivity index (χ1n) is 6.42. The van der Waals surface area contributed by atoms with E-state index < -0.39 is 5.97 Å². The zero-order chi connectivity index (χ0) is 14.8. The third-order valence-corrected chi connectivity index (χ3v) is 3.16. The van der Waals surface area contributed by atoms with Crippen LogP contribution in [-0.4, -0.2) is 25.8 Å². The molecule has 0 aliphatic rings. The molecule has 0 unspecified atom stereocenters. The van der Waals surface area contributed by atoms with Gasteiger partial charge in [-0.25, -0.2) is 4.79 Å². The number of fused-ring (bicyclic) bond motifs is 1. The van der Waals surface area contributed by atoms with Crippen molar-refractivity contribution >= 4 is 22.9 Å². The third kappa shape index (κ3) is 2.81. The second kappa shape index (κ2) is 5.20. The lowest BCUT2D eigenvalue weighted by Crippen LogP contribution is -1.87. The van der Waals surface area contributed by atoms with E-state index in [4.69, 9.17) is 5.11 Å². The van der Waals surface area contributed by atoms with Crippen molar-refractivity contribution < 1.29 is 9.90 Å². The van der Waals surface area contributed by atoms with E-state index in [1.54, 1.807) is 17.0 Å². The molecule has 0 atom stereocenters. The first-order valence-corrected chi connectivity index (χ1v) is 6.42. The Morgan fingerprint density at radius 3 is 2.81 bits per heavy atom. The van der Waals surface area contributed by atoms with Crippen molar-refractivity contribution in [3.8, 4) is 11.1 Å². The van der Waals surface area contributed by atoms with Gasteiger partial charge in [0.2, 0.25) is 0 Å². The molecule has 104 valence electrons. The number of aromatic nitrogens is 3. The summed E-state index contributed by atoms with van der Waals surface area (Å²) in [4.78, 5) is 15.0. The Kier molecular flexibility index (Phi) is 3.23. The summed E-state index contributed by atoms with van der Waals surface area (Å²) < 4.78 is 1.74. The molecule has 2 aromatic heterocycles. The lowest BCUT2D eigenvalue weighted by molar-refractivity contribution is -0.131. The van der Waals surface area contributed by atoms with Crippen LogP contribution < -0.4 is 0 Å². The van der Waals surface area contributed by atoms with Crippen LogP contribution in [-0.2, 0) is 11.8 Å². The number of carboxylic acids is 1. The Morgan fingerprint density at radius 1 is 1.24 bits per heavy atom. The lowest BCUT2D eigenvalue weighted by Gasteiger charge is -2.02. The Morgan fingerprint density at radius 2 is 2.10 bits per heavy atom. The van der Waals surface area contributed by atoms with Gasteiger partial charge >= 0.3 is 5.97 Å². The van der Waals surface area contributed by atoms with Crippen molar-refractivity contribution in [1.29, 1.82) is 0 Å². The highest BCUT2D eigenvalue weighted by Gasteiger charge is 2.03. The van der Waals surface area contributed by atoms with E-state index in [0.717, 1.165) is 33.7 Å². The predicted octanol–water partition coefficient (Wildman–Crippen LogP) is 2.73. The van der Waals surface area contributed by atoms with Crippen LogP contribution in [0.2, 0.25) is 0 Å². The minimum absolute atomic E-state index is 0.829. The molecule has 5 heteroatoms. The second-order valence-electron chi connectivity index (χ2n) is 4.75. The van der Waals surface area contributed by atoms with Gasteiger partial charge in [0, 0.05) is 42.0 Å². The summed E-state index contributed by atoms with van der Waals surface area (Å²) in [5.74, 6) is -0.961. The number of aryl methyl sites for hydroxylation is 1. The number of aliphatic carboxylic acids is 1. The average molecular weight is 279 g/mol. The number of carbonyl (C=O) groups is 1. The summed E-state index contributed by atoms with van der Waals surface area (Å²) in [6.45, 7) is 0. The molecule has 1 N–H and O–H groups in total. The molecule has 1 aromatic carbocycles. The molecule has 0 saturated heterocycles. The van der Waals surface area contributed by atoms with E-state index >= 15 is 0 Å². The number of nitrogens with zero attached hydrogens (tertiary/aromatic N) is 3.